The number of thioether (sulfide) groups is 1. The summed E-state index contributed by atoms with van der Waals surface area (Å²) < 4.78 is 5.30. The maximum Gasteiger partial charge on any atom is 0.267 e. The fourth-order valence-electron chi connectivity index (χ4n) is 2.76. The Kier molecular flexibility index (Phi) is 8.38. The second-order valence-electron chi connectivity index (χ2n) is 6.83. The maximum atomic E-state index is 12.7. The zero-order chi connectivity index (χ0) is 22.1. The first kappa shape index (κ1) is 22.7. The molecule has 1 heterocycles. The number of carbonyl (C=O) groups excluding carboxylic acids is 2. The second kappa shape index (κ2) is 11.4. The Bertz CT molecular complexity index is 1050. The van der Waals surface area contributed by atoms with Crippen molar-refractivity contribution in [3.63, 3.8) is 0 Å². The lowest BCUT2D eigenvalue weighted by atomic mass is 10.1. The van der Waals surface area contributed by atoms with Crippen molar-refractivity contribution in [3.8, 4) is 0 Å². The molecule has 1 aromatic heterocycles. The third-order valence-electron chi connectivity index (χ3n) is 4.32. The highest BCUT2D eigenvalue weighted by Gasteiger charge is 2.15. The molecule has 0 spiro atoms. The quantitative estimate of drug-likeness (QED) is 0.350. The zero-order valence-corrected chi connectivity index (χ0v) is 18.6. The molecule has 7 heteroatoms. The van der Waals surface area contributed by atoms with Crippen LogP contribution in [0, 0.1) is 6.92 Å². The van der Waals surface area contributed by atoms with Crippen LogP contribution in [0.2, 0.25) is 5.02 Å². The summed E-state index contributed by atoms with van der Waals surface area (Å²) in [5.74, 6) is 1.31. The van der Waals surface area contributed by atoms with Gasteiger partial charge in [-0.05, 0) is 48.9 Å². The smallest absolute Gasteiger partial charge is 0.267 e. The monoisotopic (exact) mass is 454 g/mol. The molecule has 0 fully saturated rings. The maximum absolute atomic E-state index is 12.7. The molecule has 5 nitrogen and oxygen atoms in total. The molecule has 0 atom stereocenters. The fraction of sp³-hybridized carbons (Fsp3) is 0.167. The number of amides is 2. The third-order valence-corrected chi connectivity index (χ3v) is 5.60. The van der Waals surface area contributed by atoms with Crippen molar-refractivity contribution >= 4 is 41.3 Å². The van der Waals surface area contributed by atoms with Crippen molar-refractivity contribution < 1.29 is 14.0 Å². The minimum atomic E-state index is -0.371. The number of rotatable bonds is 9. The normalized spacial score (nSPS) is 11.2. The van der Waals surface area contributed by atoms with Gasteiger partial charge in [-0.1, -0.05) is 41.4 Å². The molecule has 31 heavy (non-hydrogen) atoms. The average Bonchev–Trinajstić information content (AvgIpc) is 3.27. The molecule has 0 saturated heterocycles. The van der Waals surface area contributed by atoms with Gasteiger partial charge in [0.1, 0.15) is 11.5 Å². The SMILES string of the molecule is Cc1cccc(C(=O)N/C(=C\c2ccco2)C(=O)NCCSCc2ccc(Cl)cc2)c1. The molecule has 0 unspecified atom stereocenters. The molecule has 0 saturated carbocycles. The highest BCUT2D eigenvalue weighted by atomic mass is 35.5. The van der Waals surface area contributed by atoms with Crippen molar-refractivity contribution in [3.05, 3.63) is 100 Å². The van der Waals surface area contributed by atoms with Gasteiger partial charge in [-0.25, -0.2) is 0 Å². The van der Waals surface area contributed by atoms with E-state index in [4.69, 9.17) is 16.0 Å². The van der Waals surface area contributed by atoms with Gasteiger partial charge in [0.25, 0.3) is 11.8 Å². The highest BCUT2D eigenvalue weighted by molar-refractivity contribution is 7.98. The molecular formula is C24H23ClN2O3S. The molecule has 2 amide bonds. The Morgan fingerprint density at radius 3 is 2.61 bits per heavy atom. The summed E-state index contributed by atoms with van der Waals surface area (Å²) in [5.41, 5.74) is 2.75. The second-order valence-corrected chi connectivity index (χ2v) is 8.37. The van der Waals surface area contributed by atoms with E-state index in [-0.39, 0.29) is 17.5 Å². The zero-order valence-electron chi connectivity index (χ0n) is 17.1. The van der Waals surface area contributed by atoms with E-state index in [2.05, 4.69) is 10.6 Å². The molecule has 160 valence electrons. The average molecular weight is 455 g/mol. The molecule has 0 radical (unpaired) electrons. The largest absolute Gasteiger partial charge is 0.465 e. The van der Waals surface area contributed by atoms with Gasteiger partial charge in [0.2, 0.25) is 0 Å². The Morgan fingerprint density at radius 1 is 1.10 bits per heavy atom. The standard InChI is InChI=1S/C24H23ClN2O3S/c1-17-4-2-5-19(14-17)23(28)27-22(15-21-6-3-12-30-21)24(29)26-11-13-31-16-18-7-9-20(25)10-8-18/h2-10,12,14-15H,11,13,16H2,1H3,(H,26,29)(H,27,28)/b22-15-. The third kappa shape index (κ3) is 7.35. The Balaban J connectivity index is 1.56. The Labute approximate surface area is 190 Å². The van der Waals surface area contributed by atoms with E-state index in [1.807, 2.05) is 37.3 Å². The van der Waals surface area contributed by atoms with Crippen LogP contribution in [-0.4, -0.2) is 24.1 Å². The summed E-state index contributed by atoms with van der Waals surface area (Å²) in [6.07, 6.45) is 3.03. The van der Waals surface area contributed by atoms with E-state index in [0.29, 0.717) is 22.9 Å². The molecule has 0 bridgehead atoms. The molecule has 2 N–H and O–H groups in total. The van der Waals surface area contributed by atoms with E-state index >= 15 is 0 Å². The lowest BCUT2D eigenvalue weighted by Gasteiger charge is -2.11. The van der Waals surface area contributed by atoms with E-state index in [9.17, 15) is 9.59 Å². The van der Waals surface area contributed by atoms with Gasteiger partial charge in [-0.15, -0.1) is 0 Å². The van der Waals surface area contributed by atoms with Gasteiger partial charge >= 0.3 is 0 Å². The van der Waals surface area contributed by atoms with Crippen molar-refractivity contribution in [1.82, 2.24) is 10.6 Å². The minimum Gasteiger partial charge on any atom is -0.465 e. The number of hydrogen-bond donors (Lipinski definition) is 2. The Morgan fingerprint density at radius 2 is 1.90 bits per heavy atom. The first-order valence-electron chi connectivity index (χ1n) is 9.75. The van der Waals surface area contributed by atoms with Crippen LogP contribution in [0.3, 0.4) is 0 Å². The number of hydrogen-bond acceptors (Lipinski definition) is 4. The van der Waals surface area contributed by atoms with Crippen LogP contribution in [0.5, 0.6) is 0 Å². The van der Waals surface area contributed by atoms with Crippen LogP contribution in [0.25, 0.3) is 6.08 Å². The first-order chi connectivity index (χ1) is 15.0. The number of benzene rings is 2. The molecule has 2 aromatic carbocycles. The summed E-state index contributed by atoms with van der Waals surface area (Å²) in [4.78, 5) is 25.3. The van der Waals surface area contributed by atoms with Crippen molar-refractivity contribution in [2.24, 2.45) is 0 Å². The van der Waals surface area contributed by atoms with Crippen LogP contribution in [0.15, 0.2) is 77.0 Å². The summed E-state index contributed by atoms with van der Waals surface area (Å²) in [7, 11) is 0. The van der Waals surface area contributed by atoms with Crippen molar-refractivity contribution in [2.75, 3.05) is 12.3 Å². The van der Waals surface area contributed by atoms with E-state index in [1.165, 1.54) is 17.9 Å². The molecule has 0 aliphatic rings. The van der Waals surface area contributed by atoms with Crippen LogP contribution in [0.4, 0.5) is 0 Å². The van der Waals surface area contributed by atoms with Crippen LogP contribution in [-0.2, 0) is 10.5 Å². The van der Waals surface area contributed by atoms with Gasteiger partial charge in [-0.2, -0.15) is 11.8 Å². The van der Waals surface area contributed by atoms with Gasteiger partial charge < -0.3 is 15.1 Å². The lowest BCUT2D eigenvalue weighted by Crippen LogP contribution is -2.35. The molecular weight excluding hydrogens is 432 g/mol. The predicted octanol–water partition coefficient (Wildman–Crippen LogP) is 5.06. The topological polar surface area (TPSA) is 71.3 Å². The fourth-order valence-corrected chi connectivity index (χ4v) is 3.70. The first-order valence-corrected chi connectivity index (χ1v) is 11.3. The van der Waals surface area contributed by atoms with E-state index < -0.39 is 0 Å². The summed E-state index contributed by atoms with van der Waals surface area (Å²) >= 11 is 7.60. The highest BCUT2D eigenvalue weighted by Crippen LogP contribution is 2.15. The van der Waals surface area contributed by atoms with Gasteiger partial charge in [0.15, 0.2) is 0 Å². The number of nitrogens with one attached hydrogen (secondary N) is 2. The number of carbonyl (C=O) groups is 2. The van der Waals surface area contributed by atoms with E-state index in [1.54, 1.807) is 42.1 Å². The number of furan rings is 1. The lowest BCUT2D eigenvalue weighted by molar-refractivity contribution is -0.117. The number of aryl methyl sites for hydroxylation is 1. The summed E-state index contributed by atoms with van der Waals surface area (Å²) in [6.45, 7) is 2.37. The molecule has 0 aliphatic carbocycles. The van der Waals surface area contributed by atoms with Crippen LogP contribution >= 0.6 is 23.4 Å². The van der Waals surface area contributed by atoms with Crippen molar-refractivity contribution in [1.29, 1.82) is 0 Å². The Hall–Kier alpha value is -2.96. The molecule has 3 aromatic rings. The summed E-state index contributed by atoms with van der Waals surface area (Å²) in [5, 5.41) is 6.27. The van der Waals surface area contributed by atoms with Crippen LogP contribution < -0.4 is 10.6 Å². The van der Waals surface area contributed by atoms with Crippen LogP contribution in [0.1, 0.15) is 27.2 Å². The predicted molar refractivity (Wildman–Crippen MR) is 126 cm³/mol. The van der Waals surface area contributed by atoms with E-state index in [0.717, 1.165) is 17.1 Å². The number of halogens is 1. The molecule has 3 rings (SSSR count). The molecule has 0 aliphatic heterocycles. The van der Waals surface area contributed by atoms with Gasteiger partial charge in [0, 0.05) is 34.7 Å². The van der Waals surface area contributed by atoms with Crippen molar-refractivity contribution in [2.45, 2.75) is 12.7 Å². The van der Waals surface area contributed by atoms with Gasteiger partial charge in [-0.3, -0.25) is 9.59 Å². The van der Waals surface area contributed by atoms with Gasteiger partial charge in [0.05, 0.1) is 6.26 Å². The minimum absolute atomic E-state index is 0.129. The summed E-state index contributed by atoms with van der Waals surface area (Å²) in [6, 6.07) is 18.3.